The molecule has 0 spiro atoms. The summed E-state index contributed by atoms with van der Waals surface area (Å²) in [5.41, 5.74) is 6.06. The lowest BCUT2D eigenvalue weighted by Gasteiger charge is -2.37. The molecule has 0 bridgehead atoms. The van der Waals surface area contributed by atoms with E-state index >= 15 is 0 Å². The maximum absolute atomic E-state index is 14.1. The average molecular weight is 625 g/mol. The van der Waals surface area contributed by atoms with Crippen LogP contribution in [0.25, 0.3) is 11.1 Å². The molecule has 47 heavy (non-hydrogen) atoms. The van der Waals surface area contributed by atoms with Crippen molar-refractivity contribution in [1.29, 1.82) is 0 Å². The quantitative estimate of drug-likeness (QED) is 0.157. The predicted molar refractivity (Wildman–Crippen MR) is 181 cm³/mol. The fourth-order valence-electron chi connectivity index (χ4n) is 6.76. The summed E-state index contributed by atoms with van der Waals surface area (Å²) in [6, 6.07) is 40.7. The van der Waals surface area contributed by atoms with Gasteiger partial charge in [-0.05, 0) is 52.3 Å². The van der Waals surface area contributed by atoms with Gasteiger partial charge in [-0.2, -0.15) is 0 Å². The number of carbonyl (C=O) groups excluding carboxylic acids is 2. The summed E-state index contributed by atoms with van der Waals surface area (Å²) in [4.78, 5) is 41.8. The zero-order valence-corrected chi connectivity index (χ0v) is 26.3. The zero-order valence-electron chi connectivity index (χ0n) is 26.3. The highest BCUT2D eigenvalue weighted by Crippen LogP contribution is 2.47. The number of ether oxygens (including phenoxy) is 1. The molecule has 5 aromatic rings. The van der Waals surface area contributed by atoms with E-state index in [0.717, 1.165) is 44.5 Å². The fourth-order valence-corrected chi connectivity index (χ4v) is 6.76. The van der Waals surface area contributed by atoms with E-state index in [1.54, 1.807) is 0 Å². The molecule has 2 amide bonds. The summed E-state index contributed by atoms with van der Waals surface area (Å²) >= 11 is 0. The van der Waals surface area contributed by atoms with E-state index in [1.807, 2.05) is 140 Å². The van der Waals surface area contributed by atoms with Gasteiger partial charge in [0.15, 0.2) is 0 Å². The summed E-state index contributed by atoms with van der Waals surface area (Å²) in [7, 11) is 1.24. The Morgan fingerprint density at radius 2 is 1.19 bits per heavy atom. The van der Waals surface area contributed by atoms with Crippen molar-refractivity contribution in [2.24, 2.45) is 0 Å². The standard InChI is InChI=1S/C40H36N2O5/c1-27-21-23-30(24-22-27)40(28-13-5-3-6-14-28,29-15-7-4-8-16-29)41-36(43)26-25-35(38(44)45)42(39(46)47-2)37-33-19-11-9-17-31(33)32-18-10-12-20-34(32)37/h3-24,35,37H,25-26H2,1-2H3,(H,41,43)(H,44,45)/t35-/m0/s1. The number of hydrogen-bond acceptors (Lipinski definition) is 4. The van der Waals surface area contributed by atoms with Crippen molar-refractivity contribution < 1.29 is 24.2 Å². The Labute approximate surface area is 274 Å². The van der Waals surface area contributed by atoms with Crippen molar-refractivity contribution in [1.82, 2.24) is 10.2 Å². The maximum Gasteiger partial charge on any atom is 0.411 e. The summed E-state index contributed by atoms with van der Waals surface area (Å²) < 4.78 is 5.18. The molecular formula is C40H36N2O5. The van der Waals surface area contributed by atoms with Crippen LogP contribution in [0.1, 0.15) is 52.3 Å². The first-order chi connectivity index (χ1) is 22.8. The van der Waals surface area contributed by atoms with Crippen LogP contribution in [-0.2, 0) is 19.9 Å². The largest absolute Gasteiger partial charge is 0.480 e. The second-order valence-corrected chi connectivity index (χ2v) is 11.7. The van der Waals surface area contributed by atoms with Crippen LogP contribution < -0.4 is 5.32 Å². The van der Waals surface area contributed by atoms with Gasteiger partial charge in [0.25, 0.3) is 0 Å². The van der Waals surface area contributed by atoms with E-state index in [0.29, 0.717) is 0 Å². The summed E-state index contributed by atoms with van der Waals surface area (Å²) in [5, 5.41) is 13.9. The van der Waals surface area contributed by atoms with Gasteiger partial charge in [-0.1, -0.05) is 139 Å². The molecule has 1 atom stereocenters. The molecular weight excluding hydrogens is 588 g/mol. The highest BCUT2D eigenvalue weighted by Gasteiger charge is 2.43. The molecule has 1 aliphatic carbocycles. The maximum atomic E-state index is 14.1. The second kappa shape index (κ2) is 13.3. The number of aliphatic carboxylic acids is 1. The number of carbonyl (C=O) groups is 3. The second-order valence-electron chi connectivity index (χ2n) is 11.7. The smallest absolute Gasteiger partial charge is 0.411 e. The SMILES string of the molecule is COC(=O)N(C1c2ccccc2-c2ccccc21)[C@@H](CCC(=O)NC(c1ccccc1)(c1ccccc1)c1ccc(C)cc1)C(=O)O. The topological polar surface area (TPSA) is 95.9 Å². The highest BCUT2D eigenvalue weighted by atomic mass is 16.5. The molecule has 1 aliphatic rings. The van der Waals surface area contributed by atoms with Gasteiger partial charge in [0.1, 0.15) is 11.6 Å². The number of carboxylic acids is 1. The van der Waals surface area contributed by atoms with E-state index in [9.17, 15) is 19.5 Å². The van der Waals surface area contributed by atoms with Crippen LogP contribution in [0, 0.1) is 6.92 Å². The van der Waals surface area contributed by atoms with Crippen molar-refractivity contribution in [2.75, 3.05) is 7.11 Å². The minimum Gasteiger partial charge on any atom is -0.480 e. The number of hydrogen-bond donors (Lipinski definition) is 2. The average Bonchev–Trinajstić information content (AvgIpc) is 3.43. The van der Waals surface area contributed by atoms with Gasteiger partial charge in [-0.15, -0.1) is 0 Å². The molecule has 6 rings (SSSR count). The van der Waals surface area contributed by atoms with Crippen LogP contribution in [0.3, 0.4) is 0 Å². The molecule has 0 radical (unpaired) electrons. The van der Waals surface area contributed by atoms with Gasteiger partial charge in [0.2, 0.25) is 5.91 Å². The Balaban J connectivity index is 1.36. The van der Waals surface area contributed by atoms with Crippen LogP contribution in [0.2, 0.25) is 0 Å². The van der Waals surface area contributed by atoms with Crippen molar-refractivity contribution in [3.63, 3.8) is 0 Å². The molecule has 0 fully saturated rings. The third-order valence-corrected chi connectivity index (χ3v) is 8.96. The van der Waals surface area contributed by atoms with Crippen molar-refractivity contribution in [3.05, 3.63) is 167 Å². The zero-order chi connectivity index (χ0) is 33.0. The van der Waals surface area contributed by atoms with Gasteiger partial charge >= 0.3 is 12.1 Å². The molecule has 0 unspecified atom stereocenters. The molecule has 0 heterocycles. The van der Waals surface area contributed by atoms with Crippen LogP contribution in [0.5, 0.6) is 0 Å². The lowest BCUT2D eigenvalue weighted by molar-refractivity contribution is -0.143. The van der Waals surface area contributed by atoms with Crippen LogP contribution in [-0.4, -0.2) is 41.1 Å². The minimum atomic E-state index is -1.35. The summed E-state index contributed by atoms with van der Waals surface area (Å²) in [6.45, 7) is 2.01. The Hall–Kier alpha value is -5.69. The Morgan fingerprint density at radius 1 is 0.723 bits per heavy atom. The number of carboxylic acid groups (broad SMARTS) is 1. The Kier molecular flexibility index (Phi) is 8.89. The number of amides is 2. The van der Waals surface area contributed by atoms with E-state index in [1.165, 1.54) is 12.0 Å². The number of rotatable bonds is 10. The highest BCUT2D eigenvalue weighted by molar-refractivity contribution is 5.86. The first-order valence-corrected chi connectivity index (χ1v) is 15.6. The van der Waals surface area contributed by atoms with Crippen molar-refractivity contribution >= 4 is 18.0 Å². The Bertz CT molecular complexity index is 1800. The normalized spacial score (nSPS) is 12.8. The number of nitrogens with zero attached hydrogens (tertiary/aromatic N) is 1. The summed E-state index contributed by atoms with van der Waals surface area (Å²) in [6.07, 6.45) is -1.07. The lowest BCUT2D eigenvalue weighted by Crippen LogP contribution is -2.50. The van der Waals surface area contributed by atoms with Gasteiger partial charge in [-0.25, -0.2) is 9.59 Å². The van der Waals surface area contributed by atoms with Gasteiger partial charge in [0, 0.05) is 6.42 Å². The third kappa shape index (κ3) is 5.88. The molecule has 0 aromatic heterocycles. The monoisotopic (exact) mass is 624 g/mol. The number of nitrogens with one attached hydrogen (secondary N) is 1. The van der Waals surface area contributed by atoms with Crippen LogP contribution >= 0.6 is 0 Å². The van der Waals surface area contributed by atoms with Gasteiger partial charge < -0.3 is 15.2 Å². The number of benzene rings is 5. The number of aryl methyl sites for hydroxylation is 1. The molecule has 7 heteroatoms. The molecule has 0 saturated carbocycles. The molecule has 5 aromatic carbocycles. The number of fused-ring (bicyclic) bond motifs is 3. The van der Waals surface area contributed by atoms with E-state index in [-0.39, 0.29) is 18.7 Å². The molecule has 236 valence electrons. The fraction of sp³-hybridized carbons (Fsp3) is 0.175. The van der Waals surface area contributed by atoms with E-state index in [2.05, 4.69) is 5.32 Å². The van der Waals surface area contributed by atoms with E-state index < -0.39 is 29.7 Å². The van der Waals surface area contributed by atoms with Crippen molar-refractivity contribution in [3.8, 4) is 11.1 Å². The van der Waals surface area contributed by atoms with Crippen LogP contribution in [0.4, 0.5) is 4.79 Å². The molecule has 7 nitrogen and oxygen atoms in total. The molecule has 0 aliphatic heterocycles. The van der Waals surface area contributed by atoms with E-state index in [4.69, 9.17) is 4.74 Å². The molecule has 0 saturated heterocycles. The first kappa shape index (κ1) is 31.3. The Morgan fingerprint density at radius 3 is 1.68 bits per heavy atom. The molecule has 2 N–H and O–H groups in total. The van der Waals surface area contributed by atoms with Crippen LogP contribution in [0.15, 0.2) is 133 Å². The summed E-state index contributed by atoms with van der Waals surface area (Å²) in [5.74, 6) is -1.58. The number of methoxy groups -OCH3 is 1. The lowest BCUT2D eigenvalue weighted by atomic mass is 9.76. The third-order valence-electron chi connectivity index (χ3n) is 8.96. The van der Waals surface area contributed by atoms with Gasteiger partial charge in [-0.3, -0.25) is 9.69 Å². The first-order valence-electron chi connectivity index (χ1n) is 15.6. The predicted octanol–water partition coefficient (Wildman–Crippen LogP) is 7.47. The van der Waals surface area contributed by atoms with Gasteiger partial charge in [0.05, 0.1) is 13.2 Å². The van der Waals surface area contributed by atoms with Crippen molar-refractivity contribution in [2.45, 2.75) is 37.4 Å². The minimum absolute atomic E-state index is 0.134.